The van der Waals surface area contributed by atoms with Gasteiger partial charge in [0.1, 0.15) is 0 Å². The minimum absolute atomic E-state index is 0.357. The molecule has 0 aliphatic rings. The van der Waals surface area contributed by atoms with E-state index in [9.17, 15) is 5.11 Å². The van der Waals surface area contributed by atoms with E-state index in [-0.39, 0.29) is 0 Å². The van der Waals surface area contributed by atoms with E-state index >= 15 is 0 Å². The molecule has 0 fully saturated rings. The van der Waals surface area contributed by atoms with Crippen molar-refractivity contribution in [2.75, 3.05) is 33.0 Å². The van der Waals surface area contributed by atoms with Crippen LogP contribution in [0, 0.1) is 0 Å². The predicted octanol–water partition coefficient (Wildman–Crippen LogP) is 2.46. The highest BCUT2D eigenvalue weighted by Gasteiger charge is 2.08. The molecule has 0 spiro atoms. The van der Waals surface area contributed by atoms with Crippen LogP contribution in [0.15, 0.2) is 17.5 Å². The fourth-order valence-corrected chi connectivity index (χ4v) is 2.72. The van der Waals surface area contributed by atoms with Crippen LogP contribution in [-0.2, 0) is 15.9 Å². The Balaban J connectivity index is 1.94. The molecule has 21 heavy (non-hydrogen) atoms. The van der Waals surface area contributed by atoms with E-state index in [1.807, 2.05) is 0 Å². The Hall–Kier alpha value is -0.460. The fourth-order valence-electron chi connectivity index (χ4n) is 1.88. The maximum Gasteiger partial charge on any atom is 0.0897 e. The third kappa shape index (κ3) is 9.98. The van der Waals surface area contributed by atoms with Crippen molar-refractivity contribution >= 4 is 11.3 Å². The first-order valence-electron chi connectivity index (χ1n) is 7.81. The zero-order chi connectivity index (χ0) is 15.3. The van der Waals surface area contributed by atoms with Crippen molar-refractivity contribution in [3.63, 3.8) is 0 Å². The molecule has 0 bridgehead atoms. The molecular weight excluding hydrogens is 286 g/mol. The molecule has 0 aromatic carbocycles. The summed E-state index contributed by atoms with van der Waals surface area (Å²) in [5.41, 5.74) is 0. The number of unbranched alkanes of at least 4 members (excludes halogenated alkanes) is 1. The van der Waals surface area contributed by atoms with Crippen molar-refractivity contribution < 1.29 is 14.6 Å². The van der Waals surface area contributed by atoms with Crippen molar-refractivity contribution in [3.05, 3.63) is 22.4 Å². The number of hydrogen-bond acceptors (Lipinski definition) is 5. The lowest BCUT2D eigenvalue weighted by molar-refractivity contribution is 0.00334. The van der Waals surface area contributed by atoms with Crippen molar-refractivity contribution in [1.29, 1.82) is 0 Å². The van der Waals surface area contributed by atoms with Crippen LogP contribution in [0.1, 0.15) is 31.6 Å². The molecule has 4 nitrogen and oxygen atoms in total. The standard InChI is InChI=1S/C16H29NO3S/c1-3-4-7-19-8-9-20-13-15(18)12-17-14(2)11-16-6-5-10-21-16/h5-6,10,14-15,17-18H,3-4,7-9,11-13H2,1-2H3. The first kappa shape index (κ1) is 18.6. The summed E-state index contributed by atoms with van der Waals surface area (Å²) >= 11 is 1.77. The van der Waals surface area contributed by atoms with Gasteiger partial charge in [-0.2, -0.15) is 0 Å². The molecule has 0 saturated heterocycles. The number of hydrogen-bond donors (Lipinski definition) is 2. The van der Waals surface area contributed by atoms with Crippen molar-refractivity contribution in [2.45, 2.75) is 45.3 Å². The van der Waals surface area contributed by atoms with Gasteiger partial charge in [-0.1, -0.05) is 19.4 Å². The molecule has 2 N–H and O–H groups in total. The van der Waals surface area contributed by atoms with Crippen LogP contribution in [0.5, 0.6) is 0 Å². The number of thiophene rings is 1. The Morgan fingerprint density at radius 3 is 2.81 bits per heavy atom. The topological polar surface area (TPSA) is 50.7 Å². The Morgan fingerprint density at radius 1 is 1.29 bits per heavy atom. The molecule has 0 amide bonds. The number of ether oxygens (including phenoxy) is 2. The average molecular weight is 315 g/mol. The van der Waals surface area contributed by atoms with E-state index in [0.717, 1.165) is 25.9 Å². The third-order valence-corrected chi connectivity index (χ3v) is 4.01. The average Bonchev–Trinajstić information content (AvgIpc) is 2.97. The summed E-state index contributed by atoms with van der Waals surface area (Å²) in [7, 11) is 0. The van der Waals surface area contributed by atoms with Crippen molar-refractivity contribution in [3.8, 4) is 0 Å². The lowest BCUT2D eigenvalue weighted by atomic mass is 10.2. The van der Waals surface area contributed by atoms with Gasteiger partial charge in [-0.25, -0.2) is 0 Å². The SMILES string of the molecule is CCCCOCCOCC(O)CNC(C)Cc1cccs1. The van der Waals surface area contributed by atoms with Gasteiger partial charge in [-0.3, -0.25) is 0 Å². The second-order valence-electron chi connectivity index (χ2n) is 5.29. The second-order valence-corrected chi connectivity index (χ2v) is 6.32. The molecule has 0 saturated carbocycles. The van der Waals surface area contributed by atoms with Gasteiger partial charge in [0.15, 0.2) is 0 Å². The van der Waals surface area contributed by atoms with E-state index in [0.29, 0.717) is 32.4 Å². The van der Waals surface area contributed by atoms with Gasteiger partial charge in [0.25, 0.3) is 0 Å². The van der Waals surface area contributed by atoms with Crippen LogP contribution in [0.4, 0.5) is 0 Å². The molecular formula is C16H29NO3S. The molecule has 5 heteroatoms. The molecule has 1 aromatic rings. The summed E-state index contributed by atoms with van der Waals surface area (Å²) in [6, 6.07) is 4.56. The highest BCUT2D eigenvalue weighted by Crippen LogP contribution is 2.10. The highest BCUT2D eigenvalue weighted by atomic mass is 32.1. The lowest BCUT2D eigenvalue weighted by Crippen LogP contribution is -2.37. The Labute approximate surface area is 132 Å². The zero-order valence-corrected chi connectivity index (χ0v) is 14.0. The first-order chi connectivity index (χ1) is 10.2. The highest BCUT2D eigenvalue weighted by molar-refractivity contribution is 7.09. The third-order valence-electron chi connectivity index (χ3n) is 3.11. The zero-order valence-electron chi connectivity index (χ0n) is 13.2. The van der Waals surface area contributed by atoms with E-state index < -0.39 is 6.10 Å². The summed E-state index contributed by atoms with van der Waals surface area (Å²) in [6.07, 6.45) is 2.77. The summed E-state index contributed by atoms with van der Waals surface area (Å²) < 4.78 is 10.8. The first-order valence-corrected chi connectivity index (χ1v) is 8.69. The summed E-state index contributed by atoms with van der Waals surface area (Å²) in [5, 5.41) is 15.3. The van der Waals surface area contributed by atoms with Gasteiger partial charge < -0.3 is 19.9 Å². The molecule has 122 valence electrons. The fraction of sp³-hybridized carbons (Fsp3) is 0.750. The van der Waals surface area contributed by atoms with E-state index in [4.69, 9.17) is 9.47 Å². The number of aliphatic hydroxyl groups excluding tert-OH is 1. The van der Waals surface area contributed by atoms with Crippen molar-refractivity contribution in [2.24, 2.45) is 0 Å². The molecule has 1 aromatic heterocycles. The van der Waals surface area contributed by atoms with Crippen LogP contribution in [0.2, 0.25) is 0 Å². The molecule has 0 aliphatic heterocycles. The largest absolute Gasteiger partial charge is 0.389 e. The Morgan fingerprint density at radius 2 is 2.10 bits per heavy atom. The van der Waals surface area contributed by atoms with Gasteiger partial charge in [-0.15, -0.1) is 11.3 Å². The van der Waals surface area contributed by atoms with Crippen LogP contribution < -0.4 is 5.32 Å². The van der Waals surface area contributed by atoms with Gasteiger partial charge >= 0.3 is 0 Å². The quantitative estimate of drug-likeness (QED) is 0.549. The van der Waals surface area contributed by atoms with Gasteiger partial charge in [-0.05, 0) is 31.2 Å². The summed E-state index contributed by atoms with van der Waals surface area (Å²) in [4.78, 5) is 1.37. The summed E-state index contributed by atoms with van der Waals surface area (Å²) in [5.74, 6) is 0. The lowest BCUT2D eigenvalue weighted by Gasteiger charge is -2.16. The van der Waals surface area contributed by atoms with Gasteiger partial charge in [0.2, 0.25) is 0 Å². The molecule has 2 unspecified atom stereocenters. The van der Waals surface area contributed by atoms with E-state index in [1.165, 1.54) is 4.88 Å². The summed E-state index contributed by atoms with van der Waals surface area (Å²) in [6.45, 7) is 7.14. The molecule has 2 atom stereocenters. The maximum atomic E-state index is 9.84. The minimum Gasteiger partial charge on any atom is -0.389 e. The molecule has 1 rings (SSSR count). The number of aliphatic hydroxyl groups is 1. The van der Waals surface area contributed by atoms with E-state index in [2.05, 4.69) is 36.7 Å². The van der Waals surface area contributed by atoms with Gasteiger partial charge in [0.05, 0.1) is 25.9 Å². The Bertz CT molecular complexity index is 332. The van der Waals surface area contributed by atoms with Crippen LogP contribution in [0.25, 0.3) is 0 Å². The number of rotatable bonds is 13. The minimum atomic E-state index is -0.466. The smallest absolute Gasteiger partial charge is 0.0897 e. The molecule has 0 radical (unpaired) electrons. The van der Waals surface area contributed by atoms with Crippen LogP contribution in [-0.4, -0.2) is 50.2 Å². The number of nitrogens with one attached hydrogen (secondary N) is 1. The van der Waals surface area contributed by atoms with E-state index in [1.54, 1.807) is 11.3 Å². The maximum absolute atomic E-state index is 9.84. The monoisotopic (exact) mass is 315 g/mol. The van der Waals surface area contributed by atoms with Crippen LogP contribution in [0.3, 0.4) is 0 Å². The second kappa shape index (κ2) is 12.1. The Kier molecular flexibility index (Phi) is 10.7. The molecule has 0 aliphatic carbocycles. The normalized spacial score (nSPS) is 14.2. The predicted molar refractivity (Wildman–Crippen MR) is 88.0 cm³/mol. The molecule has 1 heterocycles. The van der Waals surface area contributed by atoms with Crippen LogP contribution >= 0.6 is 11.3 Å². The van der Waals surface area contributed by atoms with Crippen molar-refractivity contribution in [1.82, 2.24) is 5.32 Å². The van der Waals surface area contributed by atoms with Gasteiger partial charge in [0, 0.05) is 24.1 Å².